The Balaban J connectivity index is 1.54. The molecule has 0 saturated heterocycles. The molecule has 0 aliphatic heterocycles. The number of aromatic nitrogens is 1. The van der Waals surface area contributed by atoms with E-state index in [0.717, 1.165) is 5.56 Å². The van der Waals surface area contributed by atoms with Crippen LogP contribution in [0.3, 0.4) is 0 Å². The minimum Gasteiger partial charge on any atom is -0.489 e. The van der Waals surface area contributed by atoms with E-state index < -0.39 is 12.2 Å². The van der Waals surface area contributed by atoms with Gasteiger partial charge in [-0.2, -0.15) is 5.26 Å². The number of pyridine rings is 1. The van der Waals surface area contributed by atoms with Gasteiger partial charge in [0.15, 0.2) is 0 Å². The molecular formula is C32H29F3N4O3. The molecule has 0 fully saturated rings. The number of carbonyl (C=O) groups is 1. The Morgan fingerprint density at radius 2 is 1.76 bits per heavy atom. The molecule has 0 saturated carbocycles. The molecule has 216 valence electrons. The molecule has 0 unspecified atom stereocenters. The third kappa shape index (κ3) is 8.08. The molecule has 0 radical (unpaired) electrons. The molecule has 4 aromatic rings. The number of halogens is 3. The monoisotopic (exact) mass is 574 g/mol. The van der Waals surface area contributed by atoms with Gasteiger partial charge < -0.3 is 20.1 Å². The minimum absolute atomic E-state index is 0.0932. The summed E-state index contributed by atoms with van der Waals surface area (Å²) in [6.45, 7) is 2.81. The first-order valence-electron chi connectivity index (χ1n) is 13.2. The summed E-state index contributed by atoms with van der Waals surface area (Å²) in [5, 5.41) is 15.1. The van der Waals surface area contributed by atoms with Gasteiger partial charge >= 0.3 is 0 Å². The van der Waals surface area contributed by atoms with Crippen LogP contribution >= 0.6 is 0 Å². The van der Waals surface area contributed by atoms with Gasteiger partial charge in [0.25, 0.3) is 6.43 Å². The topological polar surface area (TPSA) is 96.3 Å². The van der Waals surface area contributed by atoms with E-state index >= 15 is 0 Å². The predicted octanol–water partition coefficient (Wildman–Crippen LogP) is 6.08. The molecule has 0 bridgehead atoms. The lowest BCUT2D eigenvalue weighted by molar-refractivity contribution is -0.118. The van der Waals surface area contributed by atoms with Gasteiger partial charge in [0, 0.05) is 67.3 Å². The first kappa shape index (κ1) is 30.1. The number of hydrogen-bond donors (Lipinski definition) is 2. The average molecular weight is 575 g/mol. The van der Waals surface area contributed by atoms with Crippen molar-refractivity contribution in [1.82, 2.24) is 15.6 Å². The Bertz CT molecular complexity index is 1570. The molecule has 10 heteroatoms. The van der Waals surface area contributed by atoms with Crippen molar-refractivity contribution < 1.29 is 27.4 Å². The minimum atomic E-state index is -2.85. The molecule has 7 nitrogen and oxygen atoms in total. The van der Waals surface area contributed by atoms with Crippen molar-refractivity contribution >= 4 is 5.91 Å². The third-order valence-electron chi connectivity index (χ3n) is 6.32. The van der Waals surface area contributed by atoms with Crippen molar-refractivity contribution in [2.75, 3.05) is 13.1 Å². The number of benzene rings is 3. The fraction of sp³-hybridized carbons (Fsp3) is 0.219. The lowest BCUT2D eigenvalue weighted by Crippen LogP contribution is -2.30. The van der Waals surface area contributed by atoms with Gasteiger partial charge in [-0.15, -0.1) is 0 Å². The summed E-state index contributed by atoms with van der Waals surface area (Å²) < 4.78 is 54.9. The van der Waals surface area contributed by atoms with E-state index in [9.17, 15) is 18.0 Å². The van der Waals surface area contributed by atoms with Crippen molar-refractivity contribution in [3.63, 3.8) is 0 Å². The molecule has 3 aromatic carbocycles. The van der Waals surface area contributed by atoms with Gasteiger partial charge in [0.05, 0.1) is 5.56 Å². The van der Waals surface area contributed by atoms with Gasteiger partial charge in [-0.1, -0.05) is 42.5 Å². The second kappa shape index (κ2) is 14.7. The van der Waals surface area contributed by atoms with Crippen molar-refractivity contribution in [2.45, 2.75) is 33.1 Å². The van der Waals surface area contributed by atoms with Gasteiger partial charge in [-0.05, 0) is 29.3 Å². The standard InChI is InChI=1S/C32H29F3N4O3/c1-21(40)39-12-11-37-18-24-9-10-26(14-30(24)42-19-23-13-22(15-36)16-38-17-23)41-20-25-5-4-7-28(31(25)32(34)35)27-6-2-3-8-29(27)33/h2-10,13-14,16-17,32,37H,11-12,18-20H2,1H3,(H,39,40). The molecule has 42 heavy (non-hydrogen) atoms. The number of carbonyl (C=O) groups excluding carboxylic acids is 1. The smallest absolute Gasteiger partial charge is 0.264 e. The van der Waals surface area contributed by atoms with E-state index in [1.807, 2.05) is 6.07 Å². The summed E-state index contributed by atoms with van der Waals surface area (Å²) in [7, 11) is 0. The van der Waals surface area contributed by atoms with Crippen molar-refractivity contribution in [2.24, 2.45) is 0 Å². The highest BCUT2D eigenvalue weighted by Crippen LogP contribution is 2.36. The Morgan fingerprint density at radius 3 is 2.52 bits per heavy atom. The Morgan fingerprint density at radius 1 is 0.952 bits per heavy atom. The van der Waals surface area contributed by atoms with Gasteiger partial charge in [-0.3, -0.25) is 9.78 Å². The summed E-state index contributed by atoms with van der Waals surface area (Å²) in [5.41, 5.74) is 2.04. The van der Waals surface area contributed by atoms with Crippen LogP contribution < -0.4 is 20.1 Å². The van der Waals surface area contributed by atoms with Crippen LogP contribution in [0.5, 0.6) is 11.5 Å². The molecule has 1 amide bonds. The van der Waals surface area contributed by atoms with Crippen LogP contribution in [0.1, 0.15) is 41.2 Å². The SMILES string of the molecule is CC(=O)NCCNCc1ccc(OCc2cccc(-c3ccccc3F)c2C(F)F)cc1OCc1cncc(C#N)c1. The second-order valence-electron chi connectivity index (χ2n) is 9.36. The zero-order valence-electron chi connectivity index (χ0n) is 22.9. The van der Waals surface area contributed by atoms with E-state index in [1.165, 1.54) is 43.5 Å². The quantitative estimate of drug-likeness (QED) is 0.188. The fourth-order valence-electron chi connectivity index (χ4n) is 4.32. The summed E-state index contributed by atoms with van der Waals surface area (Å²) in [6, 6.07) is 19.3. The number of nitriles is 1. The molecule has 1 heterocycles. The lowest BCUT2D eigenvalue weighted by Gasteiger charge is -2.17. The molecule has 0 atom stereocenters. The number of alkyl halides is 2. The molecule has 0 aliphatic carbocycles. The number of hydrogen-bond acceptors (Lipinski definition) is 6. The molecular weight excluding hydrogens is 545 g/mol. The summed E-state index contributed by atoms with van der Waals surface area (Å²) in [6.07, 6.45) is 0.208. The van der Waals surface area contributed by atoms with E-state index in [2.05, 4.69) is 15.6 Å². The van der Waals surface area contributed by atoms with E-state index in [4.69, 9.17) is 14.7 Å². The van der Waals surface area contributed by atoms with Crippen LogP contribution in [-0.4, -0.2) is 24.0 Å². The Kier molecular flexibility index (Phi) is 10.5. The number of nitrogens with zero attached hydrogens (tertiary/aromatic N) is 2. The number of rotatable bonds is 13. The van der Waals surface area contributed by atoms with Crippen molar-refractivity contribution in [3.8, 4) is 28.7 Å². The van der Waals surface area contributed by atoms with Gasteiger partial charge in [0.1, 0.15) is 36.6 Å². The molecule has 2 N–H and O–H groups in total. The lowest BCUT2D eigenvalue weighted by atomic mass is 9.95. The van der Waals surface area contributed by atoms with E-state index in [0.29, 0.717) is 42.3 Å². The maximum absolute atomic E-state index is 14.5. The highest BCUT2D eigenvalue weighted by Gasteiger charge is 2.21. The van der Waals surface area contributed by atoms with Crippen LogP contribution in [0.4, 0.5) is 13.2 Å². The number of nitrogens with one attached hydrogen (secondary N) is 2. The Hall–Kier alpha value is -4.88. The fourth-order valence-corrected chi connectivity index (χ4v) is 4.32. The summed E-state index contributed by atoms with van der Waals surface area (Å²) in [5.74, 6) is 0.157. The normalized spacial score (nSPS) is 10.8. The first-order valence-corrected chi connectivity index (χ1v) is 13.2. The summed E-state index contributed by atoms with van der Waals surface area (Å²) >= 11 is 0. The molecule has 4 rings (SSSR count). The van der Waals surface area contributed by atoms with Crippen molar-refractivity contribution in [1.29, 1.82) is 5.26 Å². The molecule has 0 aliphatic rings. The van der Waals surface area contributed by atoms with E-state index in [-0.39, 0.29) is 41.4 Å². The maximum Gasteiger partial charge on any atom is 0.264 e. The van der Waals surface area contributed by atoms with Gasteiger partial charge in [-0.25, -0.2) is 13.2 Å². The number of ether oxygens (including phenoxy) is 2. The highest BCUT2D eigenvalue weighted by atomic mass is 19.3. The Labute approximate surface area is 241 Å². The zero-order valence-corrected chi connectivity index (χ0v) is 22.9. The highest BCUT2D eigenvalue weighted by molar-refractivity contribution is 5.72. The maximum atomic E-state index is 14.5. The first-order chi connectivity index (χ1) is 20.4. The molecule has 0 spiro atoms. The zero-order chi connectivity index (χ0) is 29.9. The van der Waals surface area contributed by atoms with Crippen molar-refractivity contribution in [3.05, 3.63) is 113 Å². The number of amides is 1. The van der Waals surface area contributed by atoms with Crippen LogP contribution in [-0.2, 0) is 24.6 Å². The largest absolute Gasteiger partial charge is 0.489 e. The van der Waals surface area contributed by atoms with Crippen LogP contribution in [0.25, 0.3) is 11.1 Å². The second-order valence-corrected chi connectivity index (χ2v) is 9.36. The summed E-state index contributed by atoms with van der Waals surface area (Å²) in [4.78, 5) is 15.2. The third-order valence-corrected chi connectivity index (χ3v) is 6.32. The average Bonchev–Trinajstić information content (AvgIpc) is 2.99. The van der Waals surface area contributed by atoms with Crippen LogP contribution in [0.2, 0.25) is 0 Å². The van der Waals surface area contributed by atoms with Gasteiger partial charge in [0.2, 0.25) is 5.91 Å². The van der Waals surface area contributed by atoms with Crippen LogP contribution in [0.15, 0.2) is 79.1 Å². The van der Waals surface area contributed by atoms with Crippen LogP contribution in [0, 0.1) is 17.1 Å². The molecule has 1 aromatic heterocycles. The predicted molar refractivity (Wildman–Crippen MR) is 151 cm³/mol. The van der Waals surface area contributed by atoms with E-state index in [1.54, 1.807) is 42.6 Å².